The maximum Gasteiger partial charge on any atom is 0.0704 e. The molecular weight excluding hydrogens is 304 g/mol. The third-order valence-corrected chi connectivity index (χ3v) is 5.29. The Labute approximate surface area is 146 Å². The number of hydrogen-bond acceptors (Lipinski definition) is 6. The maximum absolute atomic E-state index is 6.11. The molecule has 3 fully saturated rings. The summed E-state index contributed by atoms with van der Waals surface area (Å²) in [6.07, 6.45) is 8.71. The summed E-state index contributed by atoms with van der Waals surface area (Å²) in [5.74, 6) is 0. The highest BCUT2D eigenvalue weighted by Gasteiger charge is 2.25. The summed E-state index contributed by atoms with van der Waals surface area (Å²) >= 11 is 0. The van der Waals surface area contributed by atoms with Gasteiger partial charge in [0, 0.05) is 26.2 Å². The van der Waals surface area contributed by atoms with Crippen molar-refractivity contribution >= 4 is 0 Å². The third-order valence-electron chi connectivity index (χ3n) is 5.29. The van der Waals surface area contributed by atoms with Gasteiger partial charge in [-0.15, -0.1) is 0 Å². The molecule has 0 amide bonds. The van der Waals surface area contributed by atoms with Crippen LogP contribution in [0.1, 0.15) is 38.5 Å². The van der Waals surface area contributed by atoms with E-state index in [0.717, 1.165) is 65.2 Å². The number of rotatable bonds is 0. The second kappa shape index (κ2) is 10.7. The molecule has 3 rings (SSSR count). The standard InChI is InChI=1S/C18H36N4O2/c1-7-19-11-15-3-5-17(23-15)13-21-9-2-10-22-14-18-6-4-16(24-18)12-20-8-1/h15-22H,1-14H2. The number of hydrogen-bond donors (Lipinski definition) is 4. The van der Waals surface area contributed by atoms with Gasteiger partial charge in [-0.2, -0.15) is 0 Å². The van der Waals surface area contributed by atoms with Crippen molar-refractivity contribution in [1.82, 2.24) is 21.3 Å². The van der Waals surface area contributed by atoms with E-state index in [4.69, 9.17) is 9.47 Å². The van der Waals surface area contributed by atoms with Gasteiger partial charge in [-0.3, -0.25) is 0 Å². The molecule has 3 saturated heterocycles. The van der Waals surface area contributed by atoms with Crippen molar-refractivity contribution in [2.24, 2.45) is 0 Å². The lowest BCUT2D eigenvalue weighted by Crippen LogP contribution is -2.35. The highest BCUT2D eigenvalue weighted by atomic mass is 16.5. The zero-order valence-electron chi connectivity index (χ0n) is 15.0. The van der Waals surface area contributed by atoms with Crippen molar-refractivity contribution in [2.45, 2.75) is 62.9 Å². The lowest BCUT2D eigenvalue weighted by Gasteiger charge is -2.17. The van der Waals surface area contributed by atoms with Gasteiger partial charge in [0.2, 0.25) is 0 Å². The molecular formula is C18H36N4O2. The summed E-state index contributed by atoms with van der Waals surface area (Å²) in [6, 6.07) is 0. The van der Waals surface area contributed by atoms with Crippen LogP contribution >= 0.6 is 0 Å². The van der Waals surface area contributed by atoms with Crippen molar-refractivity contribution in [3.05, 3.63) is 0 Å². The Hall–Kier alpha value is -0.240. The molecule has 140 valence electrons. The normalized spacial score (nSPS) is 38.0. The summed E-state index contributed by atoms with van der Waals surface area (Å²) in [6.45, 7) is 8.23. The Bertz CT molecular complexity index is 285. The van der Waals surface area contributed by atoms with E-state index in [1.807, 2.05) is 0 Å². The largest absolute Gasteiger partial charge is 0.372 e. The lowest BCUT2D eigenvalue weighted by atomic mass is 10.2. The van der Waals surface area contributed by atoms with Crippen molar-refractivity contribution in [3.63, 3.8) is 0 Å². The van der Waals surface area contributed by atoms with E-state index in [1.54, 1.807) is 0 Å². The van der Waals surface area contributed by atoms with E-state index in [2.05, 4.69) is 21.3 Å². The van der Waals surface area contributed by atoms with Gasteiger partial charge in [-0.1, -0.05) is 0 Å². The van der Waals surface area contributed by atoms with Crippen molar-refractivity contribution in [3.8, 4) is 0 Å². The molecule has 6 nitrogen and oxygen atoms in total. The molecule has 0 aromatic rings. The van der Waals surface area contributed by atoms with E-state index in [1.165, 1.54) is 25.7 Å². The molecule has 3 aliphatic heterocycles. The molecule has 4 atom stereocenters. The first-order valence-electron chi connectivity index (χ1n) is 10.0. The Morgan fingerprint density at radius 2 is 0.750 bits per heavy atom. The zero-order valence-corrected chi connectivity index (χ0v) is 15.0. The van der Waals surface area contributed by atoms with Crippen LogP contribution in [0.25, 0.3) is 0 Å². The molecule has 0 spiro atoms. The van der Waals surface area contributed by atoms with E-state index in [9.17, 15) is 0 Å². The van der Waals surface area contributed by atoms with Crippen molar-refractivity contribution in [1.29, 1.82) is 0 Å². The quantitative estimate of drug-likeness (QED) is 0.506. The van der Waals surface area contributed by atoms with Crippen LogP contribution in [-0.2, 0) is 9.47 Å². The highest BCUT2D eigenvalue weighted by Crippen LogP contribution is 2.19. The average Bonchev–Trinajstić information content (AvgIpc) is 3.22. The Morgan fingerprint density at radius 1 is 0.458 bits per heavy atom. The summed E-state index contributed by atoms with van der Waals surface area (Å²) in [7, 11) is 0. The molecule has 4 N–H and O–H groups in total. The molecule has 6 heteroatoms. The van der Waals surface area contributed by atoms with Crippen LogP contribution in [0.2, 0.25) is 0 Å². The van der Waals surface area contributed by atoms with Crippen LogP contribution in [0.15, 0.2) is 0 Å². The Morgan fingerprint density at radius 3 is 1.04 bits per heavy atom. The van der Waals surface area contributed by atoms with E-state index in [-0.39, 0.29) is 0 Å². The molecule has 0 aromatic heterocycles. The summed E-state index contributed by atoms with van der Waals surface area (Å²) in [4.78, 5) is 0. The van der Waals surface area contributed by atoms with Gasteiger partial charge in [0.1, 0.15) is 0 Å². The van der Waals surface area contributed by atoms with Gasteiger partial charge in [0.25, 0.3) is 0 Å². The molecule has 4 bridgehead atoms. The maximum atomic E-state index is 6.11. The second-order valence-corrected chi connectivity index (χ2v) is 7.44. The minimum absolute atomic E-state index is 0.404. The second-order valence-electron chi connectivity index (χ2n) is 7.44. The molecule has 4 unspecified atom stereocenters. The first kappa shape index (κ1) is 18.5. The Kier molecular flexibility index (Phi) is 8.26. The fourth-order valence-electron chi connectivity index (χ4n) is 3.89. The van der Waals surface area contributed by atoms with Crippen LogP contribution in [0.5, 0.6) is 0 Å². The topological polar surface area (TPSA) is 66.6 Å². The van der Waals surface area contributed by atoms with Crippen molar-refractivity contribution in [2.75, 3.05) is 52.4 Å². The summed E-state index contributed by atoms with van der Waals surface area (Å²) in [5.41, 5.74) is 0. The zero-order chi connectivity index (χ0) is 16.5. The first-order chi connectivity index (χ1) is 11.9. The van der Waals surface area contributed by atoms with Crippen LogP contribution in [0.4, 0.5) is 0 Å². The third kappa shape index (κ3) is 6.58. The number of ether oxygens (including phenoxy) is 2. The fraction of sp³-hybridized carbons (Fsp3) is 1.00. The Balaban J connectivity index is 1.37. The van der Waals surface area contributed by atoms with Gasteiger partial charge >= 0.3 is 0 Å². The molecule has 24 heavy (non-hydrogen) atoms. The minimum atomic E-state index is 0.404. The summed E-state index contributed by atoms with van der Waals surface area (Å²) < 4.78 is 12.2. The van der Waals surface area contributed by atoms with Gasteiger partial charge in [0.15, 0.2) is 0 Å². The minimum Gasteiger partial charge on any atom is -0.372 e. The lowest BCUT2D eigenvalue weighted by molar-refractivity contribution is 0.0441. The predicted octanol–water partition coefficient (Wildman–Crippen LogP) is 0.234. The average molecular weight is 341 g/mol. The first-order valence-corrected chi connectivity index (χ1v) is 10.0. The highest BCUT2D eigenvalue weighted by molar-refractivity contribution is 4.78. The van der Waals surface area contributed by atoms with Gasteiger partial charge in [-0.25, -0.2) is 0 Å². The summed E-state index contributed by atoms with van der Waals surface area (Å²) in [5, 5.41) is 14.2. The molecule has 0 saturated carbocycles. The monoisotopic (exact) mass is 340 g/mol. The molecule has 3 heterocycles. The van der Waals surface area contributed by atoms with Gasteiger partial charge in [0.05, 0.1) is 24.4 Å². The van der Waals surface area contributed by atoms with Crippen LogP contribution < -0.4 is 21.3 Å². The molecule has 3 aliphatic rings. The molecule has 0 aromatic carbocycles. The van der Waals surface area contributed by atoms with Crippen molar-refractivity contribution < 1.29 is 9.47 Å². The number of nitrogens with one attached hydrogen (secondary N) is 4. The fourth-order valence-corrected chi connectivity index (χ4v) is 3.89. The molecule has 0 aliphatic carbocycles. The predicted molar refractivity (Wildman–Crippen MR) is 96.5 cm³/mol. The smallest absolute Gasteiger partial charge is 0.0704 e. The number of fused-ring (bicyclic) bond motifs is 4. The van der Waals surface area contributed by atoms with Gasteiger partial charge in [-0.05, 0) is 64.7 Å². The SMILES string of the molecule is C1CNCC2CCC(CNCCCNCC3CCC(CNC1)O3)O2. The molecule has 0 radical (unpaired) electrons. The van der Waals surface area contributed by atoms with E-state index in [0.29, 0.717) is 24.4 Å². The van der Waals surface area contributed by atoms with E-state index < -0.39 is 0 Å². The van der Waals surface area contributed by atoms with Gasteiger partial charge < -0.3 is 30.7 Å². The van der Waals surface area contributed by atoms with Crippen LogP contribution in [0, 0.1) is 0 Å². The van der Waals surface area contributed by atoms with E-state index >= 15 is 0 Å². The van der Waals surface area contributed by atoms with Crippen LogP contribution in [-0.4, -0.2) is 76.8 Å². The van der Waals surface area contributed by atoms with Crippen LogP contribution in [0.3, 0.4) is 0 Å².